The number of para-hydroxylation sites is 1. The minimum absolute atomic E-state index is 0.0158. The van der Waals surface area contributed by atoms with E-state index < -0.39 is 0 Å². The van der Waals surface area contributed by atoms with Gasteiger partial charge < -0.3 is 19.9 Å². The number of anilines is 3. The van der Waals surface area contributed by atoms with E-state index in [-0.39, 0.29) is 11.9 Å². The molecule has 32 heavy (non-hydrogen) atoms. The van der Waals surface area contributed by atoms with Crippen LogP contribution in [0.3, 0.4) is 0 Å². The Kier molecular flexibility index (Phi) is 7.66. The normalized spacial score (nSPS) is 18.0. The van der Waals surface area contributed by atoms with E-state index in [0.29, 0.717) is 0 Å². The molecule has 0 saturated carbocycles. The van der Waals surface area contributed by atoms with Crippen LogP contribution in [0.1, 0.15) is 31.7 Å². The lowest BCUT2D eigenvalue weighted by molar-refractivity contribution is -0.120. The molecule has 1 amide bonds. The number of hydrogen-bond acceptors (Lipinski definition) is 5. The molecule has 0 bridgehead atoms. The summed E-state index contributed by atoms with van der Waals surface area (Å²) in [5.41, 5.74) is 4.57. The van der Waals surface area contributed by atoms with Crippen molar-refractivity contribution in [2.24, 2.45) is 0 Å². The van der Waals surface area contributed by atoms with Gasteiger partial charge in [-0.05, 0) is 69.1 Å². The molecule has 0 radical (unpaired) electrons. The molecular weight excluding hydrogens is 400 g/mol. The zero-order chi connectivity index (χ0) is 22.3. The number of rotatable bonds is 7. The van der Waals surface area contributed by atoms with Crippen LogP contribution in [0.5, 0.6) is 0 Å². The molecule has 1 N–H and O–H groups in total. The molecule has 2 aromatic rings. The molecule has 2 fully saturated rings. The van der Waals surface area contributed by atoms with Gasteiger partial charge in [-0.15, -0.1) is 0 Å². The molecule has 6 nitrogen and oxygen atoms in total. The highest BCUT2D eigenvalue weighted by Gasteiger charge is 2.21. The van der Waals surface area contributed by atoms with Gasteiger partial charge in [0.2, 0.25) is 5.91 Å². The zero-order valence-corrected chi connectivity index (χ0v) is 19.4. The van der Waals surface area contributed by atoms with E-state index in [1.54, 1.807) is 0 Å². The Hall–Kier alpha value is -2.57. The first kappa shape index (κ1) is 22.6. The maximum atomic E-state index is 12.9. The first-order valence-electron chi connectivity index (χ1n) is 11.9. The van der Waals surface area contributed by atoms with Gasteiger partial charge in [0.15, 0.2) is 0 Å². The van der Waals surface area contributed by atoms with Gasteiger partial charge in [-0.2, -0.15) is 0 Å². The lowest BCUT2D eigenvalue weighted by Gasteiger charge is -2.32. The number of morpholine rings is 1. The molecule has 0 aliphatic carbocycles. The quantitative estimate of drug-likeness (QED) is 0.712. The van der Waals surface area contributed by atoms with E-state index in [9.17, 15) is 4.79 Å². The summed E-state index contributed by atoms with van der Waals surface area (Å²) >= 11 is 0. The maximum Gasteiger partial charge on any atom is 0.241 e. The number of nitrogens with zero attached hydrogens (tertiary/aromatic N) is 3. The van der Waals surface area contributed by atoms with Gasteiger partial charge in [0.25, 0.3) is 0 Å². The molecule has 0 spiro atoms. The summed E-state index contributed by atoms with van der Waals surface area (Å²) in [7, 11) is 2.01. The molecule has 0 unspecified atom stereocenters. The Morgan fingerprint density at radius 1 is 0.969 bits per heavy atom. The molecule has 2 aliphatic rings. The Bertz CT molecular complexity index is 874. The van der Waals surface area contributed by atoms with Crippen molar-refractivity contribution in [3.63, 3.8) is 0 Å². The Morgan fingerprint density at radius 2 is 1.66 bits per heavy atom. The third-order valence-corrected chi connectivity index (χ3v) is 6.66. The van der Waals surface area contributed by atoms with E-state index in [2.05, 4.69) is 56.4 Å². The van der Waals surface area contributed by atoms with Crippen molar-refractivity contribution in [3.8, 4) is 0 Å². The predicted molar refractivity (Wildman–Crippen MR) is 132 cm³/mol. The number of carbonyl (C=O) groups excluding carboxylic acids is 1. The van der Waals surface area contributed by atoms with Crippen molar-refractivity contribution < 1.29 is 9.53 Å². The highest BCUT2D eigenvalue weighted by atomic mass is 16.5. The zero-order valence-electron chi connectivity index (χ0n) is 19.4. The number of ether oxygens (including phenoxy) is 1. The van der Waals surface area contributed by atoms with Crippen LogP contribution in [-0.4, -0.2) is 63.3 Å². The molecule has 172 valence electrons. The maximum absolute atomic E-state index is 12.9. The van der Waals surface area contributed by atoms with Crippen molar-refractivity contribution in [3.05, 3.63) is 54.1 Å². The fourth-order valence-corrected chi connectivity index (χ4v) is 4.52. The summed E-state index contributed by atoms with van der Waals surface area (Å²) in [6, 6.07) is 16.5. The Balaban J connectivity index is 1.35. The number of hydrogen-bond donors (Lipinski definition) is 1. The molecular formula is C26H36N4O2. The van der Waals surface area contributed by atoms with Gasteiger partial charge in [-0.3, -0.25) is 9.69 Å². The summed E-state index contributed by atoms with van der Waals surface area (Å²) in [5.74, 6) is 0.0158. The number of amides is 1. The first-order valence-corrected chi connectivity index (χ1v) is 11.9. The average Bonchev–Trinajstić information content (AvgIpc) is 2.85. The standard InChI is InChI=1S/C26H36N4O2/c1-21(26(31)27-23-10-12-24(13-11-23)29-14-6-3-7-15-29)28(2)20-22-8-4-5-9-25(22)30-16-18-32-19-17-30/h4-5,8-13,21H,3,6-7,14-20H2,1-2H3,(H,27,31)/t21-/m1/s1. The van der Waals surface area contributed by atoms with Gasteiger partial charge in [0, 0.05) is 49.8 Å². The van der Waals surface area contributed by atoms with Crippen molar-refractivity contribution in [2.45, 2.75) is 38.8 Å². The topological polar surface area (TPSA) is 48.1 Å². The van der Waals surface area contributed by atoms with E-state index in [0.717, 1.165) is 51.6 Å². The van der Waals surface area contributed by atoms with Gasteiger partial charge in [-0.25, -0.2) is 0 Å². The summed E-state index contributed by atoms with van der Waals surface area (Å²) in [4.78, 5) is 19.8. The van der Waals surface area contributed by atoms with Gasteiger partial charge in [-0.1, -0.05) is 18.2 Å². The number of likely N-dealkylation sites (N-methyl/N-ethyl adjacent to an activating group) is 1. The van der Waals surface area contributed by atoms with Crippen molar-refractivity contribution >= 4 is 23.0 Å². The average molecular weight is 437 g/mol. The molecule has 2 aromatic carbocycles. The molecule has 4 rings (SSSR count). The summed E-state index contributed by atoms with van der Waals surface area (Å²) in [6.07, 6.45) is 3.85. The summed E-state index contributed by atoms with van der Waals surface area (Å²) < 4.78 is 5.50. The second-order valence-corrected chi connectivity index (χ2v) is 8.90. The minimum Gasteiger partial charge on any atom is -0.378 e. The highest BCUT2D eigenvalue weighted by molar-refractivity contribution is 5.94. The summed E-state index contributed by atoms with van der Waals surface area (Å²) in [6.45, 7) is 8.27. The highest BCUT2D eigenvalue weighted by Crippen LogP contribution is 2.24. The van der Waals surface area contributed by atoms with Crippen molar-refractivity contribution in [1.29, 1.82) is 0 Å². The lowest BCUT2D eigenvalue weighted by Crippen LogP contribution is -2.40. The van der Waals surface area contributed by atoms with Crippen LogP contribution in [-0.2, 0) is 16.1 Å². The van der Waals surface area contributed by atoms with E-state index in [4.69, 9.17) is 4.74 Å². The van der Waals surface area contributed by atoms with Crippen molar-refractivity contribution in [2.75, 3.05) is 61.6 Å². The van der Waals surface area contributed by atoms with E-state index >= 15 is 0 Å². The van der Waals surface area contributed by atoms with E-state index in [1.165, 1.54) is 36.2 Å². The third kappa shape index (κ3) is 5.61. The molecule has 2 aliphatic heterocycles. The molecule has 6 heteroatoms. The molecule has 2 heterocycles. The van der Waals surface area contributed by atoms with E-state index in [1.807, 2.05) is 26.1 Å². The molecule has 2 saturated heterocycles. The van der Waals surface area contributed by atoms with Crippen LogP contribution in [0.2, 0.25) is 0 Å². The second kappa shape index (κ2) is 10.8. The number of piperidine rings is 1. The molecule has 0 aromatic heterocycles. The fourth-order valence-electron chi connectivity index (χ4n) is 4.52. The summed E-state index contributed by atoms with van der Waals surface area (Å²) in [5, 5.41) is 3.09. The van der Waals surface area contributed by atoms with Gasteiger partial charge in [0.05, 0.1) is 19.3 Å². The number of carbonyl (C=O) groups is 1. The Labute approximate surface area is 192 Å². The SMILES string of the molecule is C[C@H](C(=O)Nc1ccc(N2CCCCC2)cc1)N(C)Cc1ccccc1N1CCOCC1. The largest absolute Gasteiger partial charge is 0.378 e. The minimum atomic E-state index is -0.241. The monoisotopic (exact) mass is 436 g/mol. The second-order valence-electron chi connectivity index (χ2n) is 8.90. The van der Waals surface area contributed by atoms with Crippen molar-refractivity contribution in [1.82, 2.24) is 4.90 Å². The molecule has 1 atom stereocenters. The van der Waals surface area contributed by atoms with Crippen LogP contribution in [0.25, 0.3) is 0 Å². The van der Waals surface area contributed by atoms with Crippen LogP contribution < -0.4 is 15.1 Å². The van der Waals surface area contributed by atoms with Crippen LogP contribution in [0, 0.1) is 0 Å². The number of benzene rings is 2. The van der Waals surface area contributed by atoms with Crippen LogP contribution >= 0.6 is 0 Å². The van der Waals surface area contributed by atoms with Gasteiger partial charge in [0.1, 0.15) is 0 Å². The Morgan fingerprint density at radius 3 is 2.38 bits per heavy atom. The van der Waals surface area contributed by atoms with Crippen LogP contribution in [0.4, 0.5) is 17.1 Å². The third-order valence-electron chi connectivity index (χ3n) is 6.66. The predicted octanol–water partition coefficient (Wildman–Crippen LogP) is 3.97. The lowest BCUT2D eigenvalue weighted by atomic mass is 10.1. The smallest absolute Gasteiger partial charge is 0.241 e. The first-order chi connectivity index (χ1) is 15.6. The van der Waals surface area contributed by atoms with Gasteiger partial charge >= 0.3 is 0 Å². The van der Waals surface area contributed by atoms with Crippen LogP contribution in [0.15, 0.2) is 48.5 Å². The fraction of sp³-hybridized carbons (Fsp3) is 0.500. The number of nitrogens with one attached hydrogen (secondary N) is 1.